The maximum absolute atomic E-state index is 12.5. The predicted molar refractivity (Wildman–Crippen MR) is 111 cm³/mol. The smallest absolute Gasteiger partial charge is 0.387 e. The fourth-order valence-corrected chi connectivity index (χ4v) is 2.73. The third-order valence-corrected chi connectivity index (χ3v) is 4.19. The van der Waals surface area contributed by atoms with Gasteiger partial charge in [-0.1, -0.05) is 26.0 Å². The number of benzene rings is 2. The standard InChI is InChI=1S/C22H26F2N2O5/c1-5-29-19-11-15(7-9-17(19)31-22(23)24)21(28)26-25-20(27)12-30-18-10-14(4)6-8-16(18)13(2)3/h6-11,13,22H,5,12H2,1-4H3,(H,25,27)(H,26,28). The molecule has 0 radical (unpaired) electrons. The van der Waals surface area contributed by atoms with Crippen molar-refractivity contribution in [2.75, 3.05) is 13.2 Å². The van der Waals surface area contributed by atoms with Crippen LogP contribution in [-0.2, 0) is 4.79 Å². The second-order valence-electron chi connectivity index (χ2n) is 6.96. The van der Waals surface area contributed by atoms with Gasteiger partial charge in [-0.2, -0.15) is 8.78 Å². The lowest BCUT2D eigenvalue weighted by molar-refractivity contribution is -0.123. The molecule has 31 heavy (non-hydrogen) atoms. The molecular formula is C22H26F2N2O5. The number of ether oxygens (including phenoxy) is 3. The molecule has 7 nitrogen and oxygen atoms in total. The second kappa shape index (κ2) is 11.1. The Kier molecular flexibility index (Phi) is 8.60. The molecule has 0 saturated heterocycles. The highest BCUT2D eigenvalue weighted by Crippen LogP contribution is 2.30. The Morgan fingerprint density at radius 2 is 1.71 bits per heavy atom. The van der Waals surface area contributed by atoms with Crippen LogP contribution in [0.4, 0.5) is 8.78 Å². The number of amides is 2. The van der Waals surface area contributed by atoms with Crippen molar-refractivity contribution in [2.24, 2.45) is 0 Å². The van der Waals surface area contributed by atoms with Gasteiger partial charge in [0.1, 0.15) is 5.75 Å². The SMILES string of the molecule is CCOc1cc(C(=O)NNC(=O)COc2cc(C)ccc2C(C)C)ccc1OC(F)F. The Labute approximate surface area is 179 Å². The fraction of sp³-hybridized carbons (Fsp3) is 0.364. The summed E-state index contributed by atoms with van der Waals surface area (Å²) >= 11 is 0. The predicted octanol–water partition coefficient (Wildman–Crippen LogP) is 3.96. The average Bonchev–Trinajstić information content (AvgIpc) is 2.71. The molecule has 2 amide bonds. The highest BCUT2D eigenvalue weighted by Gasteiger charge is 2.16. The van der Waals surface area contributed by atoms with E-state index >= 15 is 0 Å². The number of hydrogen-bond donors (Lipinski definition) is 2. The van der Waals surface area contributed by atoms with E-state index in [0.29, 0.717) is 5.75 Å². The summed E-state index contributed by atoms with van der Waals surface area (Å²) in [5.41, 5.74) is 6.56. The highest BCUT2D eigenvalue weighted by molar-refractivity contribution is 5.96. The van der Waals surface area contributed by atoms with Crippen LogP contribution in [0.25, 0.3) is 0 Å². The third-order valence-electron chi connectivity index (χ3n) is 4.19. The summed E-state index contributed by atoms with van der Waals surface area (Å²) in [4.78, 5) is 24.4. The summed E-state index contributed by atoms with van der Waals surface area (Å²) in [6.45, 7) is 4.49. The van der Waals surface area contributed by atoms with Crippen molar-refractivity contribution in [1.29, 1.82) is 0 Å². The van der Waals surface area contributed by atoms with E-state index in [1.54, 1.807) is 6.92 Å². The van der Waals surface area contributed by atoms with Crippen molar-refractivity contribution < 1.29 is 32.6 Å². The minimum absolute atomic E-state index is 0.00854. The van der Waals surface area contributed by atoms with Crippen LogP contribution in [-0.4, -0.2) is 31.6 Å². The van der Waals surface area contributed by atoms with Crippen molar-refractivity contribution in [3.63, 3.8) is 0 Å². The van der Waals surface area contributed by atoms with Crippen molar-refractivity contribution in [3.8, 4) is 17.2 Å². The van der Waals surface area contributed by atoms with Gasteiger partial charge in [0.2, 0.25) is 0 Å². The zero-order chi connectivity index (χ0) is 23.0. The van der Waals surface area contributed by atoms with Crippen molar-refractivity contribution in [2.45, 2.75) is 40.2 Å². The molecule has 0 saturated carbocycles. The number of hydrogen-bond acceptors (Lipinski definition) is 5. The van der Waals surface area contributed by atoms with Gasteiger partial charge in [-0.05, 0) is 55.2 Å². The number of alkyl halides is 2. The zero-order valence-corrected chi connectivity index (χ0v) is 17.8. The molecule has 0 heterocycles. The summed E-state index contributed by atoms with van der Waals surface area (Å²) in [5.74, 6) is -0.596. The van der Waals surface area contributed by atoms with Crippen LogP contribution in [0.15, 0.2) is 36.4 Å². The highest BCUT2D eigenvalue weighted by atomic mass is 19.3. The summed E-state index contributed by atoms with van der Waals surface area (Å²) in [6, 6.07) is 9.49. The van der Waals surface area contributed by atoms with Gasteiger partial charge in [-0.3, -0.25) is 20.4 Å². The van der Waals surface area contributed by atoms with Crippen LogP contribution < -0.4 is 25.1 Å². The van der Waals surface area contributed by atoms with Crippen LogP contribution in [0.1, 0.15) is 48.2 Å². The Bertz CT molecular complexity index is 919. The molecule has 0 bridgehead atoms. The molecule has 0 spiro atoms. The number of nitrogens with one attached hydrogen (secondary N) is 2. The first-order chi connectivity index (χ1) is 14.7. The normalized spacial score (nSPS) is 10.7. The number of carbonyl (C=O) groups is 2. The summed E-state index contributed by atoms with van der Waals surface area (Å²) in [5, 5.41) is 0. The maximum atomic E-state index is 12.5. The van der Waals surface area contributed by atoms with Gasteiger partial charge in [0.15, 0.2) is 18.1 Å². The summed E-state index contributed by atoms with van der Waals surface area (Å²) < 4.78 is 40.2. The second-order valence-corrected chi connectivity index (χ2v) is 6.96. The Balaban J connectivity index is 1.96. The van der Waals surface area contributed by atoms with Crippen LogP contribution in [0, 0.1) is 6.92 Å². The maximum Gasteiger partial charge on any atom is 0.387 e. The minimum Gasteiger partial charge on any atom is -0.490 e. The van der Waals surface area contributed by atoms with Gasteiger partial charge in [-0.25, -0.2) is 0 Å². The molecule has 0 atom stereocenters. The van der Waals surface area contributed by atoms with Gasteiger partial charge in [0.05, 0.1) is 6.61 Å². The lowest BCUT2D eigenvalue weighted by Gasteiger charge is -2.15. The number of aryl methyl sites for hydroxylation is 1. The van der Waals surface area contributed by atoms with Crippen LogP contribution >= 0.6 is 0 Å². The van der Waals surface area contributed by atoms with Crippen molar-refractivity contribution in [1.82, 2.24) is 10.9 Å². The Morgan fingerprint density at radius 3 is 2.35 bits per heavy atom. The number of hydrazine groups is 1. The molecule has 0 aromatic heterocycles. The van der Waals surface area contributed by atoms with E-state index in [0.717, 1.165) is 11.1 Å². The van der Waals surface area contributed by atoms with Gasteiger partial charge >= 0.3 is 6.61 Å². The van der Waals surface area contributed by atoms with Crippen LogP contribution in [0.3, 0.4) is 0 Å². The number of rotatable bonds is 9. The minimum atomic E-state index is -3.03. The number of halogens is 2. The van der Waals surface area contributed by atoms with E-state index in [1.807, 2.05) is 39.0 Å². The molecule has 9 heteroatoms. The van der Waals surface area contributed by atoms with Crippen LogP contribution in [0.2, 0.25) is 0 Å². The molecule has 0 unspecified atom stereocenters. The van der Waals surface area contributed by atoms with E-state index in [-0.39, 0.29) is 36.2 Å². The van der Waals surface area contributed by atoms with Gasteiger partial charge < -0.3 is 14.2 Å². The lowest BCUT2D eigenvalue weighted by atomic mass is 10.0. The van der Waals surface area contributed by atoms with E-state index < -0.39 is 18.4 Å². The Hall–Kier alpha value is -3.36. The quantitative estimate of drug-likeness (QED) is 0.581. The van der Waals surface area contributed by atoms with Crippen molar-refractivity contribution in [3.05, 3.63) is 53.1 Å². The van der Waals surface area contributed by atoms with Gasteiger partial charge in [0, 0.05) is 5.56 Å². The van der Waals surface area contributed by atoms with Gasteiger partial charge in [0.25, 0.3) is 11.8 Å². The van der Waals surface area contributed by atoms with E-state index in [4.69, 9.17) is 9.47 Å². The Morgan fingerprint density at radius 1 is 0.968 bits per heavy atom. The lowest BCUT2D eigenvalue weighted by Crippen LogP contribution is -2.43. The molecule has 0 aliphatic carbocycles. The molecule has 168 valence electrons. The summed E-state index contributed by atoms with van der Waals surface area (Å²) in [6.07, 6.45) is 0. The zero-order valence-electron chi connectivity index (χ0n) is 17.8. The van der Waals surface area contributed by atoms with E-state index in [2.05, 4.69) is 15.6 Å². The van der Waals surface area contributed by atoms with E-state index in [1.165, 1.54) is 18.2 Å². The molecule has 0 aliphatic rings. The average molecular weight is 436 g/mol. The van der Waals surface area contributed by atoms with Crippen LogP contribution in [0.5, 0.6) is 17.2 Å². The largest absolute Gasteiger partial charge is 0.490 e. The fourth-order valence-electron chi connectivity index (χ4n) is 2.73. The molecular weight excluding hydrogens is 410 g/mol. The molecule has 2 aromatic carbocycles. The molecule has 0 fully saturated rings. The number of carbonyl (C=O) groups excluding carboxylic acids is 2. The first-order valence-corrected chi connectivity index (χ1v) is 9.75. The molecule has 2 rings (SSSR count). The third kappa shape index (κ3) is 7.13. The van der Waals surface area contributed by atoms with E-state index in [9.17, 15) is 18.4 Å². The van der Waals surface area contributed by atoms with Gasteiger partial charge in [-0.15, -0.1) is 0 Å². The first kappa shape index (κ1) is 23.9. The molecule has 0 aliphatic heterocycles. The molecule has 2 aromatic rings. The summed E-state index contributed by atoms with van der Waals surface area (Å²) in [7, 11) is 0. The molecule has 2 N–H and O–H groups in total. The first-order valence-electron chi connectivity index (χ1n) is 9.75. The van der Waals surface area contributed by atoms with Crippen molar-refractivity contribution >= 4 is 11.8 Å². The topological polar surface area (TPSA) is 85.9 Å². The monoisotopic (exact) mass is 436 g/mol.